The summed E-state index contributed by atoms with van der Waals surface area (Å²) in [5, 5.41) is 0. The van der Waals surface area contributed by atoms with Gasteiger partial charge in [-0.2, -0.15) is 0 Å². The van der Waals surface area contributed by atoms with Crippen LogP contribution in [0.4, 0.5) is 5.69 Å². The lowest BCUT2D eigenvalue weighted by atomic mass is 10.3. The van der Waals surface area contributed by atoms with E-state index in [4.69, 9.17) is 0 Å². The molecule has 22 heavy (non-hydrogen) atoms. The van der Waals surface area contributed by atoms with Gasteiger partial charge in [-0.1, -0.05) is 18.2 Å². The molecule has 0 saturated heterocycles. The standard InChI is InChI=1S/C16H17NO3S2/c1-17(13-6-4-3-5-7-13)16(18)12-21-14-8-10-15(11-9-14)22(2,19)20/h3-11H,12H2,1-2H3. The molecule has 0 atom stereocenters. The smallest absolute Gasteiger partial charge is 0.237 e. The molecule has 0 aliphatic carbocycles. The molecule has 0 saturated carbocycles. The van der Waals surface area contributed by atoms with Crippen LogP contribution in [0.2, 0.25) is 0 Å². The Morgan fingerprint density at radius 1 is 1.05 bits per heavy atom. The summed E-state index contributed by atoms with van der Waals surface area (Å²) < 4.78 is 22.8. The van der Waals surface area contributed by atoms with E-state index < -0.39 is 9.84 Å². The zero-order valence-electron chi connectivity index (χ0n) is 12.4. The van der Waals surface area contributed by atoms with Crippen LogP contribution in [0.5, 0.6) is 0 Å². The normalized spacial score (nSPS) is 11.2. The van der Waals surface area contributed by atoms with Gasteiger partial charge in [0.2, 0.25) is 5.91 Å². The van der Waals surface area contributed by atoms with Crippen molar-refractivity contribution < 1.29 is 13.2 Å². The molecule has 0 unspecified atom stereocenters. The third-order valence-electron chi connectivity index (χ3n) is 3.13. The van der Waals surface area contributed by atoms with Gasteiger partial charge in [0.15, 0.2) is 9.84 Å². The maximum Gasteiger partial charge on any atom is 0.237 e. The lowest BCUT2D eigenvalue weighted by Gasteiger charge is -2.16. The van der Waals surface area contributed by atoms with Crippen molar-refractivity contribution in [3.05, 3.63) is 54.6 Å². The van der Waals surface area contributed by atoms with Gasteiger partial charge in [0.25, 0.3) is 0 Å². The Bertz CT molecular complexity index is 741. The lowest BCUT2D eigenvalue weighted by molar-refractivity contribution is -0.115. The third kappa shape index (κ3) is 4.35. The monoisotopic (exact) mass is 335 g/mol. The Balaban J connectivity index is 1.97. The minimum Gasteiger partial charge on any atom is -0.315 e. The van der Waals surface area contributed by atoms with E-state index in [0.29, 0.717) is 5.75 Å². The number of hydrogen-bond donors (Lipinski definition) is 0. The molecule has 0 heterocycles. The number of sulfone groups is 1. The van der Waals surface area contributed by atoms with Gasteiger partial charge in [-0.3, -0.25) is 4.79 Å². The number of thioether (sulfide) groups is 1. The van der Waals surface area contributed by atoms with Crippen molar-refractivity contribution in [2.24, 2.45) is 0 Å². The van der Waals surface area contributed by atoms with Crippen molar-refractivity contribution in [2.75, 3.05) is 24.0 Å². The van der Waals surface area contributed by atoms with Gasteiger partial charge in [-0.05, 0) is 36.4 Å². The molecule has 4 nitrogen and oxygen atoms in total. The Morgan fingerprint density at radius 3 is 2.18 bits per heavy atom. The summed E-state index contributed by atoms with van der Waals surface area (Å²) in [6.07, 6.45) is 1.17. The Hall–Kier alpha value is -1.79. The van der Waals surface area contributed by atoms with Gasteiger partial charge in [0, 0.05) is 23.9 Å². The number of anilines is 1. The quantitative estimate of drug-likeness (QED) is 0.789. The molecule has 0 aliphatic rings. The predicted molar refractivity (Wildman–Crippen MR) is 90.1 cm³/mol. The average molecular weight is 335 g/mol. The molecule has 6 heteroatoms. The van der Waals surface area contributed by atoms with Crippen molar-refractivity contribution in [2.45, 2.75) is 9.79 Å². The van der Waals surface area contributed by atoms with E-state index in [1.165, 1.54) is 18.0 Å². The SMILES string of the molecule is CN(C(=O)CSc1ccc(S(C)(=O)=O)cc1)c1ccccc1. The molecule has 0 spiro atoms. The molecule has 0 aromatic heterocycles. The first-order valence-electron chi connectivity index (χ1n) is 6.62. The Kier molecular flexibility index (Phi) is 5.26. The number of benzene rings is 2. The van der Waals surface area contributed by atoms with E-state index in [-0.39, 0.29) is 10.8 Å². The second-order valence-electron chi connectivity index (χ2n) is 4.82. The summed E-state index contributed by atoms with van der Waals surface area (Å²) in [5.74, 6) is 0.285. The molecule has 0 radical (unpaired) electrons. The van der Waals surface area contributed by atoms with E-state index >= 15 is 0 Å². The summed E-state index contributed by atoms with van der Waals surface area (Å²) in [4.78, 5) is 14.9. The number of carbonyl (C=O) groups is 1. The van der Waals surface area contributed by atoms with E-state index in [9.17, 15) is 13.2 Å². The van der Waals surface area contributed by atoms with Crippen LogP contribution in [-0.4, -0.2) is 33.4 Å². The molecule has 116 valence electrons. The highest BCUT2D eigenvalue weighted by Gasteiger charge is 2.11. The maximum absolute atomic E-state index is 12.2. The average Bonchev–Trinajstić information content (AvgIpc) is 2.52. The molecule has 2 rings (SSSR count). The number of carbonyl (C=O) groups excluding carboxylic acids is 1. The Morgan fingerprint density at radius 2 is 1.64 bits per heavy atom. The van der Waals surface area contributed by atoms with E-state index in [2.05, 4.69) is 0 Å². The first kappa shape index (κ1) is 16.6. The largest absolute Gasteiger partial charge is 0.315 e. The molecule has 0 fully saturated rings. The maximum atomic E-state index is 12.2. The van der Waals surface area contributed by atoms with Crippen LogP contribution in [0.15, 0.2) is 64.4 Å². The van der Waals surface area contributed by atoms with E-state index in [1.807, 2.05) is 30.3 Å². The molecular formula is C16H17NO3S2. The predicted octanol–water partition coefficient (Wildman–Crippen LogP) is 2.85. The van der Waals surface area contributed by atoms with Crippen LogP contribution in [0.3, 0.4) is 0 Å². The zero-order chi connectivity index (χ0) is 16.2. The fraction of sp³-hybridized carbons (Fsp3) is 0.188. The molecule has 0 bridgehead atoms. The first-order chi connectivity index (χ1) is 10.4. The second-order valence-corrected chi connectivity index (χ2v) is 7.89. The minimum absolute atomic E-state index is 0.0108. The van der Waals surface area contributed by atoms with Gasteiger partial charge in [0.05, 0.1) is 10.6 Å². The van der Waals surface area contributed by atoms with Gasteiger partial charge in [-0.15, -0.1) is 11.8 Å². The summed E-state index contributed by atoms with van der Waals surface area (Å²) in [6.45, 7) is 0. The highest BCUT2D eigenvalue weighted by molar-refractivity contribution is 8.00. The van der Waals surface area contributed by atoms with Crippen molar-refractivity contribution in [3.8, 4) is 0 Å². The first-order valence-corrected chi connectivity index (χ1v) is 9.50. The van der Waals surface area contributed by atoms with Gasteiger partial charge < -0.3 is 4.90 Å². The highest BCUT2D eigenvalue weighted by Crippen LogP contribution is 2.21. The fourth-order valence-electron chi connectivity index (χ4n) is 1.82. The summed E-state index contributed by atoms with van der Waals surface area (Å²) in [6, 6.07) is 16.0. The van der Waals surface area contributed by atoms with Crippen molar-refractivity contribution in [1.29, 1.82) is 0 Å². The molecule has 0 aliphatic heterocycles. The molecule has 2 aromatic rings. The minimum atomic E-state index is -3.18. The van der Waals surface area contributed by atoms with Gasteiger partial charge >= 0.3 is 0 Å². The van der Waals surface area contributed by atoms with Crippen LogP contribution in [0, 0.1) is 0 Å². The molecule has 2 aromatic carbocycles. The van der Waals surface area contributed by atoms with Crippen LogP contribution in [0.25, 0.3) is 0 Å². The van der Waals surface area contributed by atoms with E-state index in [1.54, 1.807) is 36.2 Å². The Labute approximate surface area is 135 Å². The summed E-state index contributed by atoms with van der Waals surface area (Å²) in [5.41, 5.74) is 0.848. The van der Waals surface area contributed by atoms with Gasteiger partial charge in [0.1, 0.15) is 0 Å². The number of hydrogen-bond acceptors (Lipinski definition) is 4. The number of rotatable bonds is 5. The lowest BCUT2D eigenvalue weighted by Crippen LogP contribution is -2.27. The number of nitrogens with zero attached hydrogens (tertiary/aromatic N) is 1. The van der Waals surface area contributed by atoms with Crippen molar-refractivity contribution in [1.82, 2.24) is 0 Å². The molecule has 1 amide bonds. The highest BCUT2D eigenvalue weighted by atomic mass is 32.2. The van der Waals surface area contributed by atoms with Crippen LogP contribution >= 0.6 is 11.8 Å². The second kappa shape index (κ2) is 6.98. The van der Waals surface area contributed by atoms with E-state index in [0.717, 1.165) is 10.6 Å². The van der Waals surface area contributed by atoms with Crippen LogP contribution in [-0.2, 0) is 14.6 Å². The summed E-state index contributed by atoms with van der Waals surface area (Å²) >= 11 is 1.38. The zero-order valence-corrected chi connectivity index (χ0v) is 14.0. The fourth-order valence-corrected chi connectivity index (χ4v) is 3.26. The van der Waals surface area contributed by atoms with Crippen molar-refractivity contribution >= 4 is 33.2 Å². The van der Waals surface area contributed by atoms with Crippen LogP contribution < -0.4 is 4.90 Å². The van der Waals surface area contributed by atoms with Gasteiger partial charge in [-0.25, -0.2) is 8.42 Å². The molecule has 0 N–H and O–H groups in total. The topological polar surface area (TPSA) is 54.5 Å². The summed E-state index contributed by atoms with van der Waals surface area (Å²) in [7, 11) is -1.44. The number of para-hydroxylation sites is 1. The van der Waals surface area contributed by atoms with Crippen molar-refractivity contribution in [3.63, 3.8) is 0 Å². The number of amides is 1. The van der Waals surface area contributed by atoms with Crippen LogP contribution in [0.1, 0.15) is 0 Å². The molecular weight excluding hydrogens is 318 g/mol. The third-order valence-corrected chi connectivity index (χ3v) is 5.26.